The first-order chi connectivity index (χ1) is 15.4. The van der Waals surface area contributed by atoms with Crippen LogP contribution < -0.4 is 10.1 Å². The molecule has 11 heteroatoms. The third kappa shape index (κ3) is 5.09. The number of carbonyl (C=O) groups is 1. The van der Waals surface area contributed by atoms with Gasteiger partial charge in [0.2, 0.25) is 10.0 Å². The summed E-state index contributed by atoms with van der Waals surface area (Å²) in [6.07, 6.45) is 4.71. The van der Waals surface area contributed by atoms with Crippen LogP contribution in [0.5, 0.6) is 5.75 Å². The third-order valence-corrected chi connectivity index (χ3v) is 7.26. The number of nitrogens with zero attached hydrogens (tertiary/aromatic N) is 4. The number of amides is 1. The Morgan fingerprint density at radius 1 is 1.16 bits per heavy atom. The summed E-state index contributed by atoms with van der Waals surface area (Å²) < 4.78 is 34.4. The van der Waals surface area contributed by atoms with Crippen molar-refractivity contribution in [3.8, 4) is 5.75 Å². The van der Waals surface area contributed by atoms with E-state index in [1.807, 2.05) is 0 Å². The second-order valence-electron chi connectivity index (χ2n) is 7.24. The van der Waals surface area contributed by atoms with Crippen molar-refractivity contribution in [2.24, 2.45) is 0 Å². The van der Waals surface area contributed by atoms with Crippen molar-refractivity contribution >= 4 is 33.2 Å². The minimum atomic E-state index is -3.66. The maximum Gasteiger partial charge on any atom is 0.257 e. The number of anilines is 1. The van der Waals surface area contributed by atoms with Crippen LogP contribution in [0.3, 0.4) is 0 Å². The van der Waals surface area contributed by atoms with Gasteiger partial charge in [-0.3, -0.25) is 4.79 Å². The van der Waals surface area contributed by atoms with Gasteiger partial charge in [-0.15, -0.1) is 0 Å². The van der Waals surface area contributed by atoms with E-state index in [1.165, 1.54) is 28.8 Å². The van der Waals surface area contributed by atoms with Crippen molar-refractivity contribution in [2.75, 3.05) is 25.0 Å². The zero-order chi connectivity index (χ0) is 22.6. The fraction of sp³-hybridized carbons (Fsp3) is 0.286. The number of carbonyl (C=O) groups excluding carboxylic acids is 1. The van der Waals surface area contributed by atoms with Crippen LogP contribution in [0, 0.1) is 0 Å². The van der Waals surface area contributed by atoms with E-state index in [2.05, 4.69) is 15.4 Å². The zero-order valence-electron chi connectivity index (χ0n) is 17.1. The van der Waals surface area contributed by atoms with Gasteiger partial charge in [-0.2, -0.15) is 9.40 Å². The Hall–Kier alpha value is -2.95. The van der Waals surface area contributed by atoms with E-state index in [0.717, 1.165) is 12.8 Å². The first-order valence-corrected chi connectivity index (χ1v) is 11.9. The van der Waals surface area contributed by atoms with Crippen LogP contribution in [0.4, 0.5) is 5.69 Å². The molecule has 0 aliphatic carbocycles. The molecule has 0 bridgehead atoms. The number of ether oxygens (including phenoxy) is 1. The maximum atomic E-state index is 12.9. The Kier molecular flexibility index (Phi) is 6.73. The molecular weight excluding hydrogens is 454 g/mol. The number of hydrogen-bond donors (Lipinski definition) is 1. The lowest BCUT2D eigenvalue weighted by Crippen LogP contribution is -2.28. The highest BCUT2D eigenvalue weighted by molar-refractivity contribution is 7.89. The van der Waals surface area contributed by atoms with Gasteiger partial charge in [0.1, 0.15) is 25.0 Å². The van der Waals surface area contributed by atoms with E-state index < -0.39 is 15.9 Å². The van der Waals surface area contributed by atoms with E-state index in [0.29, 0.717) is 37.7 Å². The quantitative estimate of drug-likeness (QED) is 0.536. The minimum Gasteiger partial charge on any atom is -0.492 e. The molecule has 1 aromatic heterocycles. The van der Waals surface area contributed by atoms with Gasteiger partial charge < -0.3 is 10.1 Å². The molecule has 4 rings (SSSR count). The molecule has 1 amide bonds. The van der Waals surface area contributed by atoms with E-state index in [9.17, 15) is 13.2 Å². The zero-order valence-corrected chi connectivity index (χ0v) is 18.7. The Bertz CT molecular complexity index is 1190. The summed E-state index contributed by atoms with van der Waals surface area (Å²) in [6.45, 7) is 1.87. The third-order valence-electron chi connectivity index (χ3n) is 5.03. The highest BCUT2D eigenvalue weighted by atomic mass is 35.5. The number of nitrogens with one attached hydrogen (secondary N) is 1. The normalized spacial score (nSPS) is 14.4. The van der Waals surface area contributed by atoms with Crippen molar-refractivity contribution in [3.05, 3.63) is 65.7 Å². The van der Waals surface area contributed by atoms with Crippen LogP contribution in [0.1, 0.15) is 23.2 Å². The lowest BCUT2D eigenvalue weighted by Gasteiger charge is -2.16. The van der Waals surface area contributed by atoms with Gasteiger partial charge in [0, 0.05) is 24.8 Å². The topological polar surface area (TPSA) is 106 Å². The molecule has 0 unspecified atom stereocenters. The average Bonchev–Trinajstić information content (AvgIpc) is 3.49. The Balaban J connectivity index is 1.45. The lowest BCUT2D eigenvalue weighted by molar-refractivity contribution is 0.102. The highest BCUT2D eigenvalue weighted by Gasteiger charge is 2.28. The van der Waals surface area contributed by atoms with Crippen molar-refractivity contribution in [1.29, 1.82) is 0 Å². The number of hydrogen-bond acceptors (Lipinski definition) is 6. The molecule has 1 fully saturated rings. The van der Waals surface area contributed by atoms with Crippen molar-refractivity contribution in [1.82, 2.24) is 19.1 Å². The summed E-state index contributed by atoms with van der Waals surface area (Å²) in [5, 5.41) is 6.93. The number of aromatic nitrogens is 3. The van der Waals surface area contributed by atoms with Crippen LogP contribution in [0.2, 0.25) is 5.02 Å². The van der Waals surface area contributed by atoms with Crippen LogP contribution in [0.15, 0.2) is 60.0 Å². The monoisotopic (exact) mass is 475 g/mol. The minimum absolute atomic E-state index is 0.0548. The summed E-state index contributed by atoms with van der Waals surface area (Å²) in [5.41, 5.74) is 0.585. The molecule has 0 spiro atoms. The Morgan fingerprint density at radius 3 is 2.72 bits per heavy atom. The molecule has 168 valence electrons. The molecule has 2 heterocycles. The molecule has 1 aliphatic heterocycles. The summed E-state index contributed by atoms with van der Waals surface area (Å²) in [7, 11) is -3.66. The summed E-state index contributed by atoms with van der Waals surface area (Å²) >= 11 is 6.21. The predicted octanol–water partition coefficient (Wildman–Crippen LogP) is 3.05. The van der Waals surface area contributed by atoms with Gasteiger partial charge in [-0.1, -0.05) is 17.7 Å². The second kappa shape index (κ2) is 9.68. The molecule has 1 aliphatic rings. The van der Waals surface area contributed by atoms with Crippen molar-refractivity contribution in [3.63, 3.8) is 0 Å². The molecule has 1 N–H and O–H groups in total. The van der Waals surface area contributed by atoms with Crippen LogP contribution in [-0.2, 0) is 16.6 Å². The van der Waals surface area contributed by atoms with Gasteiger partial charge >= 0.3 is 0 Å². The largest absolute Gasteiger partial charge is 0.492 e. The van der Waals surface area contributed by atoms with Crippen LogP contribution >= 0.6 is 11.6 Å². The summed E-state index contributed by atoms with van der Waals surface area (Å²) in [6, 6.07) is 11.1. The first kappa shape index (κ1) is 22.3. The second-order valence-corrected chi connectivity index (χ2v) is 9.59. The molecule has 9 nitrogen and oxygen atoms in total. The fourth-order valence-electron chi connectivity index (χ4n) is 3.38. The standard InChI is InChI=1S/C21H22ClN5O4S/c22-20-7-6-18(32(29,30)27-8-1-2-9-27)13-19(20)21(28)25-16-4-3-5-17(12-16)31-11-10-26-15-23-14-24-26/h3-7,12-15H,1-2,8-11H2,(H,25,28). The highest BCUT2D eigenvalue weighted by Crippen LogP contribution is 2.26. The van der Waals surface area contributed by atoms with Crippen molar-refractivity contribution in [2.45, 2.75) is 24.3 Å². The molecule has 0 radical (unpaired) electrons. The van der Waals surface area contributed by atoms with Crippen LogP contribution in [0.25, 0.3) is 0 Å². The maximum absolute atomic E-state index is 12.9. The van der Waals surface area contributed by atoms with Gasteiger partial charge in [0.05, 0.1) is 22.0 Å². The molecule has 0 saturated carbocycles. The van der Waals surface area contributed by atoms with E-state index in [4.69, 9.17) is 16.3 Å². The molecular formula is C21H22ClN5O4S. The number of rotatable bonds is 8. The SMILES string of the molecule is O=C(Nc1cccc(OCCn2cncn2)c1)c1cc(S(=O)(=O)N2CCCC2)ccc1Cl. The molecule has 3 aromatic rings. The Labute approximate surface area is 191 Å². The van der Waals surface area contributed by atoms with E-state index in [-0.39, 0.29) is 15.5 Å². The van der Waals surface area contributed by atoms with Gasteiger partial charge in [-0.05, 0) is 43.2 Å². The molecule has 2 aromatic carbocycles. The first-order valence-electron chi connectivity index (χ1n) is 10.1. The smallest absolute Gasteiger partial charge is 0.257 e. The van der Waals surface area contributed by atoms with Gasteiger partial charge in [0.15, 0.2) is 0 Å². The molecule has 32 heavy (non-hydrogen) atoms. The number of halogens is 1. The fourth-order valence-corrected chi connectivity index (χ4v) is 5.13. The molecule has 0 atom stereocenters. The van der Waals surface area contributed by atoms with Crippen molar-refractivity contribution < 1.29 is 17.9 Å². The van der Waals surface area contributed by atoms with Gasteiger partial charge in [0.25, 0.3) is 5.91 Å². The Morgan fingerprint density at radius 2 is 1.97 bits per heavy atom. The van der Waals surface area contributed by atoms with Gasteiger partial charge in [-0.25, -0.2) is 18.1 Å². The average molecular weight is 476 g/mol. The van der Waals surface area contributed by atoms with Crippen LogP contribution in [-0.4, -0.2) is 53.1 Å². The van der Waals surface area contributed by atoms with E-state index in [1.54, 1.807) is 35.3 Å². The molecule has 1 saturated heterocycles. The summed E-state index contributed by atoms with van der Waals surface area (Å²) in [5.74, 6) is 0.0626. The lowest BCUT2D eigenvalue weighted by atomic mass is 10.2. The summed E-state index contributed by atoms with van der Waals surface area (Å²) in [4.78, 5) is 16.8. The van der Waals surface area contributed by atoms with E-state index >= 15 is 0 Å². The number of sulfonamides is 1. The predicted molar refractivity (Wildman–Crippen MR) is 119 cm³/mol. The number of benzene rings is 2.